The zero-order chi connectivity index (χ0) is 22.6. The number of nitrogens with zero attached hydrogens (tertiary/aromatic N) is 3. The highest BCUT2D eigenvalue weighted by molar-refractivity contribution is 5.86. The molecule has 0 fully saturated rings. The second-order valence-electron chi connectivity index (χ2n) is 6.92. The smallest absolute Gasteiger partial charge is 0.434 e. The van der Waals surface area contributed by atoms with Crippen molar-refractivity contribution in [2.45, 2.75) is 6.18 Å². The van der Waals surface area contributed by atoms with Gasteiger partial charge in [-0.15, -0.1) is 0 Å². The molecule has 1 heterocycles. The van der Waals surface area contributed by atoms with E-state index in [-0.39, 0.29) is 22.6 Å². The molecule has 2 aromatic carbocycles. The second kappa shape index (κ2) is 9.25. The molecule has 0 aliphatic heterocycles. The molecule has 3 rings (SSSR count). The van der Waals surface area contributed by atoms with Crippen LogP contribution in [0, 0.1) is 0 Å². The molecule has 1 N–H and O–H groups in total. The first kappa shape index (κ1) is 22.4. The molecule has 3 aromatic rings. The number of aromatic nitrogens is 2. The number of likely N-dealkylation sites (N-methyl/N-ethyl adjacent to an activating group) is 1. The molecule has 0 amide bonds. The van der Waals surface area contributed by atoms with Crippen LogP contribution < -0.4 is 19.5 Å². The highest BCUT2D eigenvalue weighted by atomic mass is 19.4. The first-order chi connectivity index (χ1) is 14.7. The van der Waals surface area contributed by atoms with Gasteiger partial charge < -0.3 is 24.4 Å². The number of hydrogen-bond acceptors (Lipinski definition) is 7. The Kier molecular flexibility index (Phi) is 6.69. The molecule has 1 aromatic heterocycles. The van der Waals surface area contributed by atoms with Crippen molar-refractivity contribution in [3.05, 3.63) is 42.1 Å². The van der Waals surface area contributed by atoms with Crippen molar-refractivity contribution >= 4 is 22.5 Å². The molecule has 166 valence electrons. The number of ether oxygens (including phenoxy) is 3. The van der Waals surface area contributed by atoms with Gasteiger partial charge in [0.15, 0.2) is 17.2 Å². The van der Waals surface area contributed by atoms with Gasteiger partial charge in [0.1, 0.15) is 12.4 Å². The van der Waals surface area contributed by atoms with Crippen LogP contribution in [-0.2, 0) is 6.18 Å². The predicted molar refractivity (Wildman–Crippen MR) is 111 cm³/mol. The Morgan fingerprint density at radius 3 is 2.26 bits per heavy atom. The number of fused-ring (bicyclic) bond motifs is 1. The Morgan fingerprint density at radius 1 is 0.968 bits per heavy atom. The number of benzene rings is 2. The van der Waals surface area contributed by atoms with Gasteiger partial charge in [-0.3, -0.25) is 0 Å². The summed E-state index contributed by atoms with van der Waals surface area (Å²) in [6.07, 6.45) is -4.68. The number of nitrogens with one attached hydrogen (secondary N) is 1. The van der Waals surface area contributed by atoms with E-state index in [0.717, 1.165) is 0 Å². The Morgan fingerprint density at radius 2 is 1.68 bits per heavy atom. The Balaban J connectivity index is 2.04. The SMILES string of the molecule is COc1ccc(Nc2nc(C(F)(F)F)c3cc(OC)c(OCCN(C)C)cc3n2)cc1. The van der Waals surface area contributed by atoms with E-state index in [1.54, 1.807) is 24.3 Å². The fourth-order valence-electron chi connectivity index (χ4n) is 2.82. The number of methoxy groups -OCH3 is 2. The quantitative estimate of drug-likeness (QED) is 0.563. The van der Waals surface area contributed by atoms with E-state index in [4.69, 9.17) is 14.2 Å². The molecule has 0 radical (unpaired) electrons. The average Bonchev–Trinajstić information content (AvgIpc) is 2.72. The minimum atomic E-state index is -4.68. The molecular formula is C21H23F3N4O3. The van der Waals surface area contributed by atoms with E-state index < -0.39 is 11.9 Å². The Hall–Kier alpha value is -3.27. The average molecular weight is 436 g/mol. The largest absolute Gasteiger partial charge is 0.497 e. The van der Waals surface area contributed by atoms with Crippen LogP contribution in [0.2, 0.25) is 0 Å². The van der Waals surface area contributed by atoms with Crippen molar-refractivity contribution in [1.82, 2.24) is 14.9 Å². The molecule has 0 spiro atoms. The maximum absolute atomic E-state index is 13.8. The first-order valence-corrected chi connectivity index (χ1v) is 9.37. The van der Waals surface area contributed by atoms with Crippen molar-refractivity contribution in [1.29, 1.82) is 0 Å². The summed E-state index contributed by atoms with van der Waals surface area (Å²) >= 11 is 0. The zero-order valence-electron chi connectivity index (χ0n) is 17.6. The maximum Gasteiger partial charge on any atom is 0.434 e. The van der Waals surface area contributed by atoms with Crippen LogP contribution >= 0.6 is 0 Å². The molecule has 0 bridgehead atoms. The van der Waals surface area contributed by atoms with Crippen molar-refractivity contribution < 1.29 is 27.4 Å². The highest BCUT2D eigenvalue weighted by Crippen LogP contribution is 2.39. The van der Waals surface area contributed by atoms with Gasteiger partial charge in [0.2, 0.25) is 5.95 Å². The van der Waals surface area contributed by atoms with E-state index in [1.165, 1.54) is 26.4 Å². The lowest BCUT2D eigenvalue weighted by molar-refractivity contribution is -0.139. The Labute approximate surface area is 177 Å². The third kappa shape index (κ3) is 5.46. The standard InChI is InChI=1S/C21H23F3N4O3/c1-28(2)9-10-31-18-12-16-15(11-17(18)30-4)19(21(22,23)24)27-20(26-16)25-13-5-7-14(29-3)8-6-13/h5-8,11-12H,9-10H2,1-4H3,(H,25,26,27). The molecular weight excluding hydrogens is 413 g/mol. The van der Waals surface area contributed by atoms with E-state index in [9.17, 15) is 13.2 Å². The van der Waals surface area contributed by atoms with Gasteiger partial charge in [0, 0.05) is 23.7 Å². The van der Waals surface area contributed by atoms with Crippen LogP contribution in [0.15, 0.2) is 36.4 Å². The molecule has 31 heavy (non-hydrogen) atoms. The molecule has 0 aliphatic carbocycles. The summed E-state index contributed by atoms with van der Waals surface area (Å²) in [5, 5.41) is 2.63. The fourth-order valence-corrected chi connectivity index (χ4v) is 2.82. The number of hydrogen-bond donors (Lipinski definition) is 1. The van der Waals surface area contributed by atoms with Crippen LogP contribution in [0.4, 0.5) is 24.8 Å². The van der Waals surface area contributed by atoms with Gasteiger partial charge in [-0.05, 0) is 44.4 Å². The van der Waals surface area contributed by atoms with Gasteiger partial charge in [0.05, 0.1) is 19.7 Å². The predicted octanol–water partition coefficient (Wildman–Crippen LogP) is 4.35. The number of anilines is 2. The lowest BCUT2D eigenvalue weighted by atomic mass is 10.1. The van der Waals surface area contributed by atoms with Crippen LogP contribution in [0.25, 0.3) is 10.9 Å². The van der Waals surface area contributed by atoms with Gasteiger partial charge in [0.25, 0.3) is 0 Å². The van der Waals surface area contributed by atoms with Crippen molar-refractivity contribution in [2.75, 3.05) is 46.8 Å². The van der Waals surface area contributed by atoms with E-state index in [1.807, 2.05) is 19.0 Å². The maximum atomic E-state index is 13.8. The topological polar surface area (TPSA) is 68.7 Å². The first-order valence-electron chi connectivity index (χ1n) is 9.37. The molecule has 10 heteroatoms. The van der Waals surface area contributed by atoms with Gasteiger partial charge >= 0.3 is 6.18 Å². The summed E-state index contributed by atoms with van der Waals surface area (Å²) < 4.78 is 57.3. The van der Waals surface area contributed by atoms with Crippen molar-refractivity contribution in [2.24, 2.45) is 0 Å². The van der Waals surface area contributed by atoms with Crippen LogP contribution in [0.5, 0.6) is 17.2 Å². The van der Waals surface area contributed by atoms with Crippen molar-refractivity contribution in [3.8, 4) is 17.2 Å². The lowest BCUT2D eigenvalue weighted by Gasteiger charge is -2.16. The fraction of sp³-hybridized carbons (Fsp3) is 0.333. The molecule has 0 saturated carbocycles. The number of halogens is 3. The lowest BCUT2D eigenvalue weighted by Crippen LogP contribution is -2.19. The van der Waals surface area contributed by atoms with E-state index in [2.05, 4.69) is 15.3 Å². The zero-order valence-corrected chi connectivity index (χ0v) is 17.6. The van der Waals surface area contributed by atoms with Gasteiger partial charge in [-0.25, -0.2) is 9.97 Å². The summed E-state index contributed by atoms with van der Waals surface area (Å²) in [7, 11) is 6.67. The van der Waals surface area contributed by atoms with Crippen LogP contribution in [-0.4, -0.2) is 56.3 Å². The molecule has 0 atom stereocenters. The summed E-state index contributed by atoms with van der Waals surface area (Å²) in [5.41, 5.74) is -0.463. The number of alkyl halides is 3. The van der Waals surface area contributed by atoms with E-state index >= 15 is 0 Å². The molecule has 7 nitrogen and oxygen atoms in total. The van der Waals surface area contributed by atoms with Crippen molar-refractivity contribution in [3.63, 3.8) is 0 Å². The molecule has 0 saturated heterocycles. The van der Waals surface area contributed by atoms with Gasteiger partial charge in [-0.2, -0.15) is 13.2 Å². The van der Waals surface area contributed by atoms with Crippen LogP contribution in [0.1, 0.15) is 5.69 Å². The third-order valence-corrected chi connectivity index (χ3v) is 4.39. The summed E-state index contributed by atoms with van der Waals surface area (Å²) in [5.74, 6) is 0.914. The summed E-state index contributed by atoms with van der Waals surface area (Å²) in [6, 6.07) is 9.35. The minimum Gasteiger partial charge on any atom is -0.497 e. The monoisotopic (exact) mass is 436 g/mol. The molecule has 0 aliphatic rings. The van der Waals surface area contributed by atoms with Crippen LogP contribution in [0.3, 0.4) is 0 Å². The Bertz CT molecular complexity index is 1040. The molecule has 0 unspecified atom stereocenters. The second-order valence-corrected chi connectivity index (χ2v) is 6.92. The normalized spacial score (nSPS) is 11.6. The summed E-state index contributed by atoms with van der Waals surface area (Å²) in [4.78, 5) is 9.91. The summed E-state index contributed by atoms with van der Waals surface area (Å²) in [6.45, 7) is 0.964. The third-order valence-electron chi connectivity index (χ3n) is 4.39. The van der Waals surface area contributed by atoms with Gasteiger partial charge in [-0.1, -0.05) is 0 Å². The highest BCUT2D eigenvalue weighted by Gasteiger charge is 2.36. The number of rotatable bonds is 8. The minimum absolute atomic E-state index is 0.0824. The van der Waals surface area contributed by atoms with E-state index in [0.29, 0.717) is 30.3 Å².